The predicted octanol–water partition coefficient (Wildman–Crippen LogP) is 5.47. The van der Waals surface area contributed by atoms with Gasteiger partial charge in [0.1, 0.15) is 28.6 Å². The monoisotopic (exact) mass is 519 g/mol. The summed E-state index contributed by atoms with van der Waals surface area (Å²) in [7, 11) is 0. The summed E-state index contributed by atoms with van der Waals surface area (Å²) in [5, 5.41) is 3.13. The number of carbonyl (C=O) groups is 2. The number of benzene rings is 2. The Bertz CT molecular complexity index is 1460. The van der Waals surface area contributed by atoms with E-state index in [4.69, 9.17) is 20.2 Å². The highest BCUT2D eigenvalue weighted by molar-refractivity contribution is 5.98. The van der Waals surface area contributed by atoms with Gasteiger partial charge in [-0.2, -0.15) is 0 Å². The molecule has 0 saturated carbocycles. The fraction of sp³-hybridized carbons (Fsp3) is 0.321. The maximum Gasteiger partial charge on any atom is 0.410 e. The molecule has 0 unspecified atom stereocenters. The number of halogens is 1. The van der Waals surface area contributed by atoms with Crippen LogP contribution in [0.2, 0.25) is 0 Å². The molecule has 0 radical (unpaired) electrons. The Balaban J connectivity index is 1.37. The van der Waals surface area contributed by atoms with Gasteiger partial charge in [-0.3, -0.25) is 9.89 Å². The molecule has 1 aliphatic heterocycles. The van der Waals surface area contributed by atoms with Crippen molar-refractivity contribution in [1.29, 1.82) is 0 Å². The Morgan fingerprint density at radius 1 is 1.03 bits per heavy atom. The van der Waals surface area contributed by atoms with Gasteiger partial charge < -0.3 is 20.1 Å². The van der Waals surface area contributed by atoms with Crippen molar-refractivity contribution < 1.29 is 23.5 Å². The van der Waals surface area contributed by atoms with Gasteiger partial charge in [0.2, 0.25) is 0 Å². The largest absolute Gasteiger partial charge is 0.457 e. The minimum atomic E-state index is -0.604. The summed E-state index contributed by atoms with van der Waals surface area (Å²) in [4.78, 5) is 31.4. The Hall–Kier alpha value is -4.34. The van der Waals surface area contributed by atoms with Crippen LogP contribution in [0.25, 0.3) is 16.9 Å². The zero-order chi connectivity index (χ0) is 27.0. The number of nitrogens with one attached hydrogen (secondary N) is 1. The van der Waals surface area contributed by atoms with E-state index in [1.54, 1.807) is 45.8 Å². The minimum absolute atomic E-state index is 0.157. The fourth-order valence-electron chi connectivity index (χ4n) is 4.69. The highest BCUT2D eigenvalue weighted by Crippen LogP contribution is 2.34. The van der Waals surface area contributed by atoms with E-state index in [0.29, 0.717) is 41.5 Å². The van der Waals surface area contributed by atoms with E-state index in [9.17, 15) is 14.0 Å². The number of primary amides is 1. The summed E-state index contributed by atoms with van der Waals surface area (Å²) in [6.07, 6.45) is 3.04. The maximum absolute atomic E-state index is 13.2. The Labute approximate surface area is 219 Å². The summed E-state index contributed by atoms with van der Waals surface area (Å²) >= 11 is 0. The number of imidazole rings is 1. The summed E-state index contributed by atoms with van der Waals surface area (Å²) in [5.74, 6) is 0.283. The first kappa shape index (κ1) is 25.3. The minimum Gasteiger partial charge on any atom is -0.457 e. The van der Waals surface area contributed by atoms with Crippen LogP contribution < -0.4 is 10.5 Å². The lowest BCUT2D eigenvalue weighted by Gasteiger charge is -2.33. The lowest BCUT2D eigenvalue weighted by molar-refractivity contribution is 0.0205. The van der Waals surface area contributed by atoms with E-state index in [-0.39, 0.29) is 23.5 Å². The first-order valence-electron chi connectivity index (χ1n) is 12.5. The van der Waals surface area contributed by atoms with Crippen molar-refractivity contribution in [3.63, 3.8) is 0 Å². The lowest BCUT2D eigenvalue weighted by atomic mass is 9.91. The third kappa shape index (κ3) is 5.20. The van der Waals surface area contributed by atoms with Crippen molar-refractivity contribution in [2.75, 3.05) is 13.1 Å². The van der Waals surface area contributed by atoms with Crippen LogP contribution in [-0.4, -0.2) is 50.2 Å². The lowest BCUT2D eigenvalue weighted by Crippen LogP contribution is -2.41. The summed E-state index contributed by atoms with van der Waals surface area (Å²) in [6.45, 7) is 6.71. The van der Waals surface area contributed by atoms with Crippen LogP contribution in [0.1, 0.15) is 55.6 Å². The second kappa shape index (κ2) is 9.85. The molecule has 2 amide bonds. The number of carbonyl (C=O) groups excluding carboxylic acids is 2. The molecular formula is C28H30FN5O4. The number of hydrogen-bond acceptors (Lipinski definition) is 5. The number of rotatable bonds is 5. The molecule has 0 spiro atoms. The van der Waals surface area contributed by atoms with E-state index < -0.39 is 11.5 Å². The molecular weight excluding hydrogens is 489 g/mol. The number of amides is 2. The first-order chi connectivity index (χ1) is 18.1. The zero-order valence-electron chi connectivity index (χ0n) is 21.5. The molecule has 38 heavy (non-hydrogen) atoms. The third-order valence-electron chi connectivity index (χ3n) is 6.48. The number of nitrogens with zero attached hydrogens (tertiary/aromatic N) is 3. The van der Waals surface area contributed by atoms with Gasteiger partial charge in [-0.15, -0.1) is 0 Å². The highest BCUT2D eigenvalue weighted by atomic mass is 19.1. The van der Waals surface area contributed by atoms with Gasteiger partial charge in [0.15, 0.2) is 11.3 Å². The third-order valence-corrected chi connectivity index (χ3v) is 6.48. The quantitative estimate of drug-likeness (QED) is 0.363. The SMILES string of the molecule is CC(C)(C)OC(=O)N1CCC(c2c[nH]n3c(C(N)=O)c(-c4ccc(Oc5ccc(F)cc5)cc4)nc23)CC1. The van der Waals surface area contributed by atoms with Crippen molar-refractivity contribution in [2.45, 2.75) is 45.1 Å². The van der Waals surface area contributed by atoms with E-state index >= 15 is 0 Å². The average Bonchev–Trinajstić information content (AvgIpc) is 3.44. The smallest absolute Gasteiger partial charge is 0.410 e. The van der Waals surface area contributed by atoms with Crippen LogP contribution in [-0.2, 0) is 4.74 Å². The number of likely N-dealkylation sites (tertiary alicyclic amines) is 1. The van der Waals surface area contributed by atoms with Crippen molar-refractivity contribution in [3.05, 3.63) is 71.8 Å². The molecule has 4 aromatic rings. The number of aromatic amines is 1. The van der Waals surface area contributed by atoms with Crippen molar-refractivity contribution in [1.82, 2.24) is 19.5 Å². The van der Waals surface area contributed by atoms with E-state index in [1.807, 2.05) is 27.0 Å². The first-order valence-corrected chi connectivity index (χ1v) is 12.5. The molecule has 5 rings (SSSR count). The van der Waals surface area contributed by atoms with Crippen LogP contribution >= 0.6 is 0 Å². The molecule has 1 aliphatic rings. The Morgan fingerprint density at radius 2 is 1.63 bits per heavy atom. The van der Waals surface area contributed by atoms with Gasteiger partial charge in [0, 0.05) is 30.4 Å². The molecule has 1 fully saturated rings. The number of hydrogen-bond donors (Lipinski definition) is 2. The number of ether oxygens (including phenoxy) is 2. The number of fused-ring (bicyclic) bond motifs is 1. The molecule has 0 bridgehead atoms. The molecule has 3 N–H and O–H groups in total. The summed E-state index contributed by atoms with van der Waals surface area (Å²) in [5.41, 5.74) is 8.25. The maximum atomic E-state index is 13.2. The van der Waals surface area contributed by atoms with E-state index in [1.165, 1.54) is 12.1 Å². The number of H-pyrrole nitrogens is 1. The summed E-state index contributed by atoms with van der Waals surface area (Å²) in [6, 6.07) is 12.9. The van der Waals surface area contributed by atoms with Crippen LogP contribution in [0.4, 0.5) is 9.18 Å². The number of aromatic nitrogens is 3. The summed E-state index contributed by atoms with van der Waals surface area (Å²) < 4.78 is 26.0. The van der Waals surface area contributed by atoms with Gasteiger partial charge in [0.05, 0.1) is 0 Å². The van der Waals surface area contributed by atoms with Gasteiger partial charge in [-0.1, -0.05) is 0 Å². The fourth-order valence-corrected chi connectivity index (χ4v) is 4.69. The second-order valence-electron chi connectivity index (χ2n) is 10.4. The van der Waals surface area contributed by atoms with E-state index in [0.717, 1.165) is 18.4 Å². The normalized spacial score (nSPS) is 14.6. The van der Waals surface area contributed by atoms with Gasteiger partial charge in [-0.05, 0) is 88.1 Å². The van der Waals surface area contributed by atoms with Crippen molar-refractivity contribution in [2.24, 2.45) is 5.73 Å². The van der Waals surface area contributed by atoms with Crippen LogP contribution in [0, 0.1) is 5.82 Å². The molecule has 2 aromatic carbocycles. The Kier molecular flexibility index (Phi) is 6.56. The molecule has 9 nitrogen and oxygen atoms in total. The molecule has 3 heterocycles. The molecule has 10 heteroatoms. The highest BCUT2D eigenvalue weighted by Gasteiger charge is 2.30. The van der Waals surface area contributed by atoms with Crippen molar-refractivity contribution in [3.8, 4) is 22.8 Å². The average molecular weight is 520 g/mol. The van der Waals surface area contributed by atoms with Crippen LogP contribution in [0.5, 0.6) is 11.5 Å². The molecule has 0 aliphatic carbocycles. The second-order valence-corrected chi connectivity index (χ2v) is 10.4. The Morgan fingerprint density at radius 3 is 2.21 bits per heavy atom. The topological polar surface area (TPSA) is 115 Å². The van der Waals surface area contributed by atoms with Crippen LogP contribution in [0.15, 0.2) is 54.7 Å². The van der Waals surface area contributed by atoms with Crippen LogP contribution in [0.3, 0.4) is 0 Å². The molecule has 0 atom stereocenters. The molecule has 2 aromatic heterocycles. The number of piperidine rings is 1. The van der Waals surface area contributed by atoms with Crippen molar-refractivity contribution >= 4 is 17.6 Å². The predicted molar refractivity (Wildman–Crippen MR) is 140 cm³/mol. The van der Waals surface area contributed by atoms with Gasteiger partial charge in [0.25, 0.3) is 5.91 Å². The zero-order valence-corrected chi connectivity index (χ0v) is 21.5. The molecule has 198 valence electrons. The van der Waals surface area contributed by atoms with E-state index in [2.05, 4.69) is 5.10 Å². The molecule has 1 saturated heterocycles. The van der Waals surface area contributed by atoms with Gasteiger partial charge >= 0.3 is 6.09 Å². The standard InChI is InChI=1S/C28H30FN5O4/c1-28(2,3)38-27(36)33-14-12-17(13-15-33)22-16-31-34-24(25(30)35)23(32-26(22)34)18-4-8-20(9-5-18)37-21-10-6-19(29)7-11-21/h4-11,16-17,31H,12-15H2,1-3H3,(H2,30,35). The van der Waals surface area contributed by atoms with Gasteiger partial charge in [-0.25, -0.2) is 18.7 Å². The number of nitrogens with two attached hydrogens (primary N) is 1.